The van der Waals surface area contributed by atoms with Gasteiger partial charge in [-0.05, 0) is 57.4 Å². The highest BCUT2D eigenvalue weighted by Gasteiger charge is 2.36. The maximum atomic E-state index is 10.5. The Balaban J connectivity index is 1.60. The van der Waals surface area contributed by atoms with Crippen LogP contribution in [0.3, 0.4) is 0 Å². The van der Waals surface area contributed by atoms with E-state index < -0.39 is 6.10 Å². The van der Waals surface area contributed by atoms with E-state index in [1.165, 1.54) is 19.3 Å². The molecule has 2 fully saturated rings. The van der Waals surface area contributed by atoms with E-state index in [1.54, 1.807) is 7.11 Å². The Morgan fingerprint density at radius 1 is 1.33 bits per heavy atom. The Morgan fingerprint density at radius 3 is 2.74 bits per heavy atom. The summed E-state index contributed by atoms with van der Waals surface area (Å²) in [6, 6.07) is 9.34. The van der Waals surface area contributed by atoms with Gasteiger partial charge in [-0.1, -0.05) is 18.6 Å². The molecule has 0 spiro atoms. The summed E-state index contributed by atoms with van der Waals surface area (Å²) in [7, 11) is 3.91. The number of benzene rings is 1. The molecule has 0 amide bonds. The van der Waals surface area contributed by atoms with Crippen LogP contribution in [0.5, 0.6) is 5.75 Å². The van der Waals surface area contributed by atoms with Crippen LogP contribution in [0, 0.1) is 0 Å². The Kier molecular flexibility index (Phi) is 6.96. The molecular formula is C21H34N4O2. The second-order valence-electron chi connectivity index (χ2n) is 7.73. The standard InChI is InChI=1S/C21H34N4O2/c1-4-22-21(23-14-20(26)15-7-5-10-19(11-15)27-3)24-16-12-17-8-6-9-18(13-16)25(17)2/h5,7,10-11,16-18,20,26H,4,6,8-9,12-14H2,1-3H3,(H2,22,23,24). The molecule has 3 N–H and O–H groups in total. The molecule has 27 heavy (non-hydrogen) atoms. The molecule has 1 aromatic rings. The lowest BCUT2D eigenvalue weighted by Gasteiger charge is -2.47. The summed E-state index contributed by atoms with van der Waals surface area (Å²) in [5, 5.41) is 17.4. The van der Waals surface area contributed by atoms with Gasteiger partial charge in [0.05, 0.1) is 19.8 Å². The zero-order chi connectivity index (χ0) is 19.2. The van der Waals surface area contributed by atoms with Crippen molar-refractivity contribution in [2.45, 2.75) is 63.3 Å². The van der Waals surface area contributed by atoms with Crippen molar-refractivity contribution in [2.75, 3.05) is 27.2 Å². The Labute approximate surface area is 163 Å². The summed E-state index contributed by atoms with van der Waals surface area (Å²) in [4.78, 5) is 7.21. The predicted molar refractivity (Wildman–Crippen MR) is 109 cm³/mol. The predicted octanol–water partition coefficient (Wildman–Crippen LogP) is 2.30. The number of rotatable bonds is 6. The molecule has 150 valence electrons. The number of fused-ring (bicyclic) bond motifs is 2. The molecule has 3 unspecified atom stereocenters. The molecule has 2 aliphatic heterocycles. The molecule has 2 saturated heterocycles. The Bertz CT molecular complexity index is 622. The minimum absolute atomic E-state index is 0.321. The fraction of sp³-hybridized carbons (Fsp3) is 0.667. The summed E-state index contributed by atoms with van der Waals surface area (Å²) >= 11 is 0. The van der Waals surface area contributed by atoms with Crippen LogP contribution in [-0.4, -0.2) is 61.3 Å². The molecule has 0 aromatic heterocycles. The summed E-state index contributed by atoms with van der Waals surface area (Å²) in [6.45, 7) is 3.20. The Morgan fingerprint density at radius 2 is 2.07 bits per heavy atom. The normalized spacial score (nSPS) is 27.1. The largest absolute Gasteiger partial charge is 0.497 e. The second-order valence-corrected chi connectivity index (χ2v) is 7.73. The van der Waals surface area contributed by atoms with E-state index in [1.807, 2.05) is 24.3 Å². The van der Waals surface area contributed by atoms with Crippen molar-refractivity contribution in [3.8, 4) is 5.75 Å². The summed E-state index contributed by atoms with van der Waals surface area (Å²) in [6.07, 6.45) is 5.63. The van der Waals surface area contributed by atoms with Gasteiger partial charge < -0.3 is 25.4 Å². The van der Waals surface area contributed by atoms with Crippen molar-refractivity contribution in [3.63, 3.8) is 0 Å². The molecule has 3 rings (SSSR count). The monoisotopic (exact) mass is 374 g/mol. The average Bonchev–Trinajstić information content (AvgIpc) is 2.67. The lowest BCUT2D eigenvalue weighted by Crippen LogP contribution is -2.56. The molecule has 0 aliphatic carbocycles. The van der Waals surface area contributed by atoms with Gasteiger partial charge in [0.15, 0.2) is 5.96 Å². The third-order valence-electron chi connectivity index (χ3n) is 5.93. The lowest BCUT2D eigenvalue weighted by atomic mass is 9.82. The van der Waals surface area contributed by atoms with Crippen LogP contribution >= 0.6 is 0 Å². The van der Waals surface area contributed by atoms with Gasteiger partial charge >= 0.3 is 0 Å². The van der Waals surface area contributed by atoms with E-state index in [0.29, 0.717) is 24.7 Å². The van der Waals surface area contributed by atoms with Crippen LogP contribution in [0.2, 0.25) is 0 Å². The van der Waals surface area contributed by atoms with Crippen LogP contribution in [-0.2, 0) is 0 Å². The number of aliphatic hydroxyl groups excluding tert-OH is 1. The van der Waals surface area contributed by atoms with Crippen LogP contribution in [0.25, 0.3) is 0 Å². The topological polar surface area (TPSA) is 69.1 Å². The molecule has 0 saturated carbocycles. The first-order chi connectivity index (χ1) is 13.1. The van der Waals surface area contributed by atoms with Gasteiger partial charge in [-0.15, -0.1) is 0 Å². The molecule has 2 heterocycles. The molecule has 2 aliphatic rings. The van der Waals surface area contributed by atoms with Crippen molar-refractivity contribution in [2.24, 2.45) is 4.99 Å². The molecule has 6 nitrogen and oxygen atoms in total. The maximum Gasteiger partial charge on any atom is 0.191 e. The quantitative estimate of drug-likeness (QED) is 0.527. The highest BCUT2D eigenvalue weighted by Crippen LogP contribution is 2.32. The number of aliphatic hydroxyl groups is 1. The number of ether oxygens (including phenoxy) is 1. The number of hydrogen-bond acceptors (Lipinski definition) is 4. The fourth-order valence-corrected chi connectivity index (χ4v) is 4.38. The van der Waals surface area contributed by atoms with E-state index in [2.05, 4.69) is 34.5 Å². The number of guanidine groups is 1. The molecule has 0 radical (unpaired) electrons. The van der Waals surface area contributed by atoms with Crippen molar-refractivity contribution in [3.05, 3.63) is 29.8 Å². The van der Waals surface area contributed by atoms with E-state index in [9.17, 15) is 5.11 Å². The van der Waals surface area contributed by atoms with E-state index in [0.717, 1.165) is 36.7 Å². The maximum absolute atomic E-state index is 10.5. The number of piperidine rings is 2. The first kappa shape index (κ1) is 20.0. The number of methoxy groups -OCH3 is 1. The zero-order valence-electron chi connectivity index (χ0n) is 16.8. The van der Waals surface area contributed by atoms with Gasteiger partial charge in [0.25, 0.3) is 0 Å². The van der Waals surface area contributed by atoms with Gasteiger partial charge in [-0.3, -0.25) is 4.99 Å². The van der Waals surface area contributed by atoms with Crippen LogP contribution in [0.15, 0.2) is 29.3 Å². The summed E-state index contributed by atoms with van der Waals surface area (Å²) in [5.74, 6) is 1.55. The first-order valence-electron chi connectivity index (χ1n) is 10.2. The third kappa shape index (κ3) is 5.14. The van der Waals surface area contributed by atoms with Gasteiger partial charge in [0.1, 0.15) is 5.75 Å². The highest BCUT2D eigenvalue weighted by atomic mass is 16.5. The molecule has 1 aromatic carbocycles. The number of hydrogen-bond donors (Lipinski definition) is 3. The van der Waals surface area contributed by atoms with Crippen LogP contribution in [0.4, 0.5) is 0 Å². The van der Waals surface area contributed by atoms with Gasteiger partial charge in [-0.25, -0.2) is 0 Å². The lowest BCUT2D eigenvalue weighted by molar-refractivity contribution is 0.0526. The van der Waals surface area contributed by atoms with Crippen molar-refractivity contribution in [1.82, 2.24) is 15.5 Å². The SMILES string of the molecule is CCNC(=NCC(O)c1cccc(OC)c1)NC1CC2CCCC(C1)N2C. The number of nitrogens with one attached hydrogen (secondary N) is 2. The number of nitrogens with zero attached hydrogens (tertiary/aromatic N) is 2. The van der Waals surface area contributed by atoms with E-state index in [4.69, 9.17) is 4.74 Å². The van der Waals surface area contributed by atoms with Gasteiger partial charge in [0, 0.05) is 24.7 Å². The number of aliphatic imine (C=N–C) groups is 1. The third-order valence-corrected chi connectivity index (χ3v) is 5.93. The molecule has 6 heteroatoms. The highest BCUT2D eigenvalue weighted by molar-refractivity contribution is 5.80. The van der Waals surface area contributed by atoms with E-state index >= 15 is 0 Å². The first-order valence-corrected chi connectivity index (χ1v) is 10.2. The molecule has 3 atom stereocenters. The second kappa shape index (κ2) is 9.42. The molecule has 2 bridgehead atoms. The van der Waals surface area contributed by atoms with Crippen LogP contribution < -0.4 is 15.4 Å². The summed E-state index contributed by atoms with van der Waals surface area (Å²) in [5.41, 5.74) is 0.822. The smallest absolute Gasteiger partial charge is 0.191 e. The van der Waals surface area contributed by atoms with Crippen molar-refractivity contribution in [1.29, 1.82) is 0 Å². The minimum atomic E-state index is -0.646. The minimum Gasteiger partial charge on any atom is -0.497 e. The zero-order valence-corrected chi connectivity index (χ0v) is 16.8. The van der Waals surface area contributed by atoms with E-state index in [-0.39, 0.29) is 0 Å². The van der Waals surface area contributed by atoms with Gasteiger partial charge in [0.2, 0.25) is 0 Å². The van der Waals surface area contributed by atoms with Crippen molar-refractivity contribution >= 4 is 5.96 Å². The molecular weight excluding hydrogens is 340 g/mol. The fourth-order valence-electron chi connectivity index (χ4n) is 4.38. The van der Waals surface area contributed by atoms with Crippen molar-refractivity contribution < 1.29 is 9.84 Å². The van der Waals surface area contributed by atoms with Gasteiger partial charge in [-0.2, -0.15) is 0 Å². The average molecular weight is 375 g/mol. The summed E-state index contributed by atoms with van der Waals surface area (Å²) < 4.78 is 5.24. The van der Waals surface area contributed by atoms with Crippen LogP contribution in [0.1, 0.15) is 50.7 Å². The Hall–Kier alpha value is -1.79.